The lowest BCUT2D eigenvalue weighted by atomic mass is 9.94. The highest BCUT2D eigenvalue weighted by molar-refractivity contribution is 8.00. The molecule has 0 N–H and O–H groups in total. The normalized spacial score (nSPS) is 13.1. The summed E-state index contributed by atoms with van der Waals surface area (Å²) in [5.41, 5.74) is 0.952. The van der Waals surface area contributed by atoms with Gasteiger partial charge in [0, 0.05) is 10.8 Å². The zero-order valence-electron chi connectivity index (χ0n) is 12.5. The van der Waals surface area contributed by atoms with Gasteiger partial charge in [0.15, 0.2) is 0 Å². The number of thioether (sulfide) groups is 1. The van der Waals surface area contributed by atoms with E-state index in [0.29, 0.717) is 12.3 Å². The fraction of sp³-hybridized carbons (Fsp3) is 0.278. The molecular weight excluding hydrogens is 314 g/mol. The van der Waals surface area contributed by atoms with Crippen molar-refractivity contribution < 1.29 is 4.74 Å². The Labute approximate surface area is 141 Å². The van der Waals surface area contributed by atoms with Crippen LogP contribution in [0.5, 0.6) is 5.75 Å². The lowest BCUT2D eigenvalue weighted by molar-refractivity contribution is 0.413. The number of rotatable bonds is 7. The van der Waals surface area contributed by atoms with Crippen LogP contribution in [0.4, 0.5) is 0 Å². The van der Waals surface area contributed by atoms with Crippen molar-refractivity contribution in [2.45, 2.75) is 22.5 Å². The third-order valence-electron chi connectivity index (χ3n) is 3.41. The minimum atomic E-state index is -0.662. The highest BCUT2D eigenvalue weighted by atomic mass is 35.5. The van der Waals surface area contributed by atoms with Crippen molar-refractivity contribution in [3.05, 3.63) is 60.2 Å². The standard InChI is InChI=1S/C18H18ClNOS/c1-21-16-8-5-7-15(13-16)18(14-20,11-6-12-19)22-17-9-3-2-4-10-17/h2-5,7-10,13H,6,11-12H2,1H3. The fourth-order valence-electron chi connectivity index (χ4n) is 2.28. The number of hydrogen-bond donors (Lipinski definition) is 0. The molecule has 1 unspecified atom stereocenters. The summed E-state index contributed by atoms with van der Waals surface area (Å²) < 4.78 is 4.64. The zero-order chi connectivity index (χ0) is 15.8. The van der Waals surface area contributed by atoms with E-state index in [9.17, 15) is 5.26 Å². The number of hydrogen-bond acceptors (Lipinski definition) is 3. The number of nitrogens with zero attached hydrogens (tertiary/aromatic N) is 1. The van der Waals surface area contributed by atoms with Crippen LogP contribution in [0.3, 0.4) is 0 Å². The highest BCUT2D eigenvalue weighted by Gasteiger charge is 2.33. The molecule has 0 radical (unpaired) electrons. The van der Waals surface area contributed by atoms with E-state index in [1.807, 2.05) is 54.6 Å². The van der Waals surface area contributed by atoms with Crippen LogP contribution in [0.25, 0.3) is 0 Å². The molecule has 0 bridgehead atoms. The third kappa shape index (κ3) is 3.97. The Morgan fingerprint density at radius 3 is 2.59 bits per heavy atom. The predicted octanol–water partition coefficient (Wildman–Crippen LogP) is 5.23. The summed E-state index contributed by atoms with van der Waals surface area (Å²) in [6, 6.07) is 20.2. The Morgan fingerprint density at radius 2 is 1.95 bits per heavy atom. The van der Waals surface area contributed by atoms with Crippen molar-refractivity contribution in [1.82, 2.24) is 0 Å². The van der Waals surface area contributed by atoms with Crippen molar-refractivity contribution in [3.8, 4) is 11.8 Å². The van der Waals surface area contributed by atoms with E-state index in [1.54, 1.807) is 18.9 Å². The quantitative estimate of drug-likeness (QED) is 0.514. The Kier molecular flexibility index (Phi) is 6.18. The lowest BCUT2D eigenvalue weighted by Crippen LogP contribution is -2.20. The SMILES string of the molecule is COc1cccc(C(C#N)(CCCCl)Sc2ccccc2)c1. The first-order valence-electron chi connectivity index (χ1n) is 7.10. The van der Waals surface area contributed by atoms with E-state index in [4.69, 9.17) is 16.3 Å². The van der Waals surface area contributed by atoms with Gasteiger partial charge in [-0.15, -0.1) is 11.6 Å². The summed E-state index contributed by atoms with van der Waals surface area (Å²) in [4.78, 5) is 1.07. The van der Waals surface area contributed by atoms with Gasteiger partial charge < -0.3 is 4.74 Å². The molecule has 0 amide bonds. The van der Waals surface area contributed by atoms with Gasteiger partial charge in [-0.1, -0.05) is 42.1 Å². The molecule has 0 heterocycles. The van der Waals surface area contributed by atoms with Crippen LogP contribution in [0, 0.1) is 11.3 Å². The predicted molar refractivity (Wildman–Crippen MR) is 92.5 cm³/mol. The zero-order valence-corrected chi connectivity index (χ0v) is 14.0. The van der Waals surface area contributed by atoms with Crippen LogP contribution in [-0.2, 0) is 4.75 Å². The lowest BCUT2D eigenvalue weighted by Gasteiger charge is -2.27. The van der Waals surface area contributed by atoms with Gasteiger partial charge in [0.25, 0.3) is 0 Å². The largest absolute Gasteiger partial charge is 0.497 e. The topological polar surface area (TPSA) is 33.0 Å². The van der Waals surface area contributed by atoms with E-state index < -0.39 is 4.75 Å². The van der Waals surface area contributed by atoms with E-state index >= 15 is 0 Å². The molecule has 114 valence electrons. The monoisotopic (exact) mass is 331 g/mol. The Balaban J connectivity index is 2.41. The van der Waals surface area contributed by atoms with E-state index in [2.05, 4.69) is 6.07 Å². The van der Waals surface area contributed by atoms with Crippen molar-refractivity contribution in [2.75, 3.05) is 13.0 Å². The molecule has 0 fully saturated rings. The first kappa shape index (κ1) is 16.7. The molecule has 0 aliphatic rings. The molecule has 4 heteroatoms. The summed E-state index contributed by atoms with van der Waals surface area (Å²) >= 11 is 7.44. The fourth-order valence-corrected chi connectivity index (χ4v) is 3.64. The van der Waals surface area contributed by atoms with Gasteiger partial charge in [-0.3, -0.25) is 0 Å². The first-order valence-corrected chi connectivity index (χ1v) is 8.45. The minimum Gasteiger partial charge on any atom is -0.497 e. The molecule has 2 rings (SSSR count). The summed E-state index contributed by atoms with van der Waals surface area (Å²) in [6.07, 6.45) is 1.48. The maximum Gasteiger partial charge on any atom is 0.132 e. The second kappa shape index (κ2) is 8.12. The molecular formula is C18H18ClNOS. The summed E-state index contributed by atoms with van der Waals surface area (Å²) in [5.74, 6) is 1.31. The maximum absolute atomic E-state index is 9.93. The van der Waals surface area contributed by atoms with Gasteiger partial charge in [-0.05, 0) is 42.7 Å². The average Bonchev–Trinajstić information content (AvgIpc) is 2.59. The van der Waals surface area contributed by atoms with Crippen LogP contribution in [-0.4, -0.2) is 13.0 Å². The minimum absolute atomic E-state index is 0.544. The molecule has 2 aromatic rings. The maximum atomic E-state index is 9.93. The molecule has 0 aliphatic heterocycles. The number of alkyl halides is 1. The number of benzene rings is 2. The van der Waals surface area contributed by atoms with Gasteiger partial charge in [0.1, 0.15) is 10.5 Å². The second-order valence-corrected chi connectivity index (χ2v) is 6.63. The van der Waals surface area contributed by atoms with Crippen LogP contribution in [0.2, 0.25) is 0 Å². The molecule has 0 spiro atoms. The molecule has 0 aliphatic carbocycles. The number of nitriles is 1. The smallest absolute Gasteiger partial charge is 0.132 e. The second-order valence-electron chi connectivity index (χ2n) is 4.88. The molecule has 0 saturated carbocycles. The van der Waals surface area contributed by atoms with Gasteiger partial charge in [-0.25, -0.2) is 0 Å². The van der Waals surface area contributed by atoms with E-state index in [0.717, 1.165) is 22.6 Å². The van der Waals surface area contributed by atoms with Crippen molar-refractivity contribution >= 4 is 23.4 Å². The van der Waals surface area contributed by atoms with Crippen molar-refractivity contribution in [2.24, 2.45) is 0 Å². The third-order valence-corrected chi connectivity index (χ3v) is 5.07. The number of ether oxygens (including phenoxy) is 1. The molecule has 1 atom stereocenters. The Morgan fingerprint density at radius 1 is 1.18 bits per heavy atom. The number of methoxy groups -OCH3 is 1. The van der Waals surface area contributed by atoms with Crippen LogP contribution >= 0.6 is 23.4 Å². The summed E-state index contributed by atoms with van der Waals surface area (Å²) in [7, 11) is 1.64. The van der Waals surface area contributed by atoms with Gasteiger partial charge in [0.05, 0.1) is 13.2 Å². The Hall–Kier alpha value is -1.63. The van der Waals surface area contributed by atoms with Crippen LogP contribution in [0.15, 0.2) is 59.5 Å². The summed E-state index contributed by atoms with van der Waals surface area (Å²) in [6.45, 7) is 0. The average molecular weight is 332 g/mol. The van der Waals surface area contributed by atoms with Crippen molar-refractivity contribution in [3.63, 3.8) is 0 Å². The van der Waals surface area contributed by atoms with Gasteiger partial charge >= 0.3 is 0 Å². The van der Waals surface area contributed by atoms with E-state index in [-0.39, 0.29) is 0 Å². The highest BCUT2D eigenvalue weighted by Crippen LogP contribution is 2.45. The molecule has 2 nitrogen and oxygen atoms in total. The van der Waals surface area contributed by atoms with Crippen LogP contribution in [0.1, 0.15) is 18.4 Å². The molecule has 0 saturated heterocycles. The molecule has 2 aromatic carbocycles. The number of halogens is 1. The summed E-state index contributed by atoms with van der Waals surface area (Å²) in [5, 5.41) is 9.93. The van der Waals surface area contributed by atoms with Gasteiger partial charge in [0.2, 0.25) is 0 Å². The van der Waals surface area contributed by atoms with Crippen molar-refractivity contribution in [1.29, 1.82) is 5.26 Å². The van der Waals surface area contributed by atoms with Crippen LogP contribution < -0.4 is 4.74 Å². The first-order chi connectivity index (χ1) is 10.7. The van der Waals surface area contributed by atoms with E-state index in [1.165, 1.54) is 0 Å². The molecule has 0 aromatic heterocycles. The van der Waals surface area contributed by atoms with Gasteiger partial charge in [-0.2, -0.15) is 5.26 Å². The Bertz CT molecular complexity index is 641. The molecule has 22 heavy (non-hydrogen) atoms.